The average molecular weight is 327 g/mol. The molecule has 1 aromatic heterocycles. The van der Waals surface area contributed by atoms with Crippen LogP contribution in [0.1, 0.15) is 12.5 Å². The highest BCUT2D eigenvalue weighted by Gasteiger charge is 2.13. The van der Waals surface area contributed by atoms with Gasteiger partial charge in [-0.3, -0.25) is 4.68 Å². The first-order valence-corrected chi connectivity index (χ1v) is 7.24. The van der Waals surface area contributed by atoms with E-state index in [0.29, 0.717) is 22.3 Å². The molecule has 112 valence electrons. The number of hydrogen-bond donors (Lipinski definition) is 1. The summed E-state index contributed by atoms with van der Waals surface area (Å²) >= 11 is 12.0. The molecular weight excluding hydrogens is 311 g/mol. The molecule has 0 atom stereocenters. The van der Waals surface area contributed by atoms with Gasteiger partial charge in [-0.2, -0.15) is 5.10 Å². The number of urea groups is 1. The zero-order valence-electron chi connectivity index (χ0n) is 11.8. The first-order valence-electron chi connectivity index (χ1n) is 6.48. The van der Waals surface area contributed by atoms with Crippen molar-refractivity contribution in [1.29, 1.82) is 0 Å². The van der Waals surface area contributed by atoms with E-state index in [-0.39, 0.29) is 6.03 Å². The van der Waals surface area contributed by atoms with Crippen LogP contribution in [0.3, 0.4) is 0 Å². The zero-order chi connectivity index (χ0) is 15.4. The Balaban J connectivity index is 2.00. The highest BCUT2D eigenvalue weighted by atomic mass is 35.5. The van der Waals surface area contributed by atoms with Gasteiger partial charge in [0.2, 0.25) is 0 Å². The van der Waals surface area contributed by atoms with Crippen LogP contribution in [0.5, 0.6) is 0 Å². The van der Waals surface area contributed by atoms with Crippen molar-refractivity contribution in [3.63, 3.8) is 0 Å². The molecule has 0 aliphatic rings. The van der Waals surface area contributed by atoms with E-state index in [2.05, 4.69) is 10.4 Å². The summed E-state index contributed by atoms with van der Waals surface area (Å²) in [6.45, 7) is 3.27. The van der Waals surface area contributed by atoms with Gasteiger partial charge in [-0.1, -0.05) is 29.3 Å². The maximum atomic E-state index is 12.1. The van der Waals surface area contributed by atoms with Crippen LogP contribution in [0.4, 0.5) is 10.5 Å². The molecule has 7 heteroatoms. The third-order valence-corrected chi connectivity index (χ3v) is 3.79. The molecule has 0 radical (unpaired) electrons. The van der Waals surface area contributed by atoms with E-state index in [1.54, 1.807) is 36.3 Å². The second-order valence-electron chi connectivity index (χ2n) is 4.59. The van der Waals surface area contributed by atoms with E-state index in [1.807, 2.05) is 17.8 Å². The Kier molecular flexibility index (Phi) is 5.09. The molecule has 2 aromatic rings. The summed E-state index contributed by atoms with van der Waals surface area (Å²) in [6, 6.07) is 4.84. The van der Waals surface area contributed by atoms with Gasteiger partial charge >= 0.3 is 6.03 Å². The number of benzene rings is 1. The largest absolute Gasteiger partial charge is 0.323 e. The van der Waals surface area contributed by atoms with Crippen LogP contribution in [-0.2, 0) is 13.1 Å². The Morgan fingerprint density at radius 3 is 2.86 bits per heavy atom. The Bertz CT molecular complexity index is 642. The highest BCUT2D eigenvalue weighted by molar-refractivity contribution is 6.43. The summed E-state index contributed by atoms with van der Waals surface area (Å²) in [5.41, 5.74) is 1.46. The molecule has 0 spiro atoms. The van der Waals surface area contributed by atoms with E-state index in [0.717, 1.165) is 12.1 Å². The topological polar surface area (TPSA) is 50.2 Å². The molecule has 0 fully saturated rings. The van der Waals surface area contributed by atoms with Crippen LogP contribution >= 0.6 is 23.2 Å². The predicted octanol–water partition coefficient (Wildman–Crippen LogP) is 3.87. The van der Waals surface area contributed by atoms with Gasteiger partial charge in [-0.25, -0.2) is 4.79 Å². The molecule has 0 unspecified atom stereocenters. The maximum Gasteiger partial charge on any atom is 0.321 e. The summed E-state index contributed by atoms with van der Waals surface area (Å²) in [5.74, 6) is 0. The minimum Gasteiger partial charge on any atom is -0.323 e. The second kappa shape index (κ2) is 6.83. The fourth-order valence-corrected chi connectivity index (χ4v) is 2.17. The Hall–Kier alpha value is -1.72. The van der Waals surface area contributed by atoms with Gasteiger partial charge < -0.3 is 10.2 Å². The molecule has 1 N–H and O–H groups in total. The Morgan fingerprint density at radius 2 is 2.19 bits per heavy atom. The minimum atomic E-state index is -0.261. The van der Waals surface area contributed by atoms with Gasteiger partial charge in [0.05, 0.1) is 28.5 Å². The highest BCUT2D eigenvalue weighted by Crippen LogP contribution is 2.29. The zero-order valence-corrected chi connectivity index (χ0v) is 13.3. The molecule has 0 saturated carbocycles. The Morgan fingerprint density at radius 1 is 1.43 bits per heavy atom. The van der Waals surface area contributed by atoms with Crippen molar-refractivity contribution in [3.05, 3.63) is 46.2 Å². The van der Waals surface area contributed by atoms with Gasteiger partial charge in [-0.05, 0) is 19.1 Å². The van der Waals surface area contributed by atoms with Crippen molar-refractivity contribution in [2.75, 3.05) is 12.4 Å². The molecule has 2 rings (SSSR count). The van der Waals surface area contributed by atoms with E-state index < -0.39 is 0 Å². The summed E-state index contributed by atoms with van der Waals surface area (Å²) in [5, 5.41) is 7.65. The van der Waals surface area contributed by atoms with Crippen molar-refractivity contribution in [2.24, 2.45) is 0 Å². The number of nitrogens with zero attached hydrogens (tertiary/aromatic N) is 3. The summed E-state index contributed by atoms with van der Waals surface area (Å²) in [7, 11) is 1.71. The molecule has 2 amide bonds. The standard InChI is InChI=1S/C14H16Cl2N4O/c1-3-20-9-10(7-17-20)8-19(2)14(21)18-12-6-4-5-11(15)13(12)16/h4-7,9H,3,8H2,1-2H3,(H,18,21). The first kappa shape index (κ1) is 15.7. The maximum absolute atomic E-state index is 12.1. The van der Waals surface area contributed by atoms with Crippen LogP contribution in [0.15, 0.2) is 30.6 Å². The third-order valence-electron chi connectivity index (χ3n) is 2.97. The molecular formula is C14H16Cl2N4O. The van der Waals surface area contributed by atoms with Crippen molar-refractivity contribution in [2.45, 2.75) is 20.0 Å². The number of carbonyl (C=O) groups excluding carboxylic acids is 1. The molecule has 5 nitrogen and oxygen atoms in total. The first-order chi connectivity index (χ1) is 10.0. The monoisotopic (exact) mass is 326 g/mol. The van der Waals surface area contributed by atoms with Gasteiger partial charge in [0.15, 0.2) is 0 Å². The van der Waals surface area contributed by atoms with Gasteiger partial charge in [0, 0.05) is 25.4 Å². The molecule has 0 saturated heterocycles. The molecule has 1 aromatic carbocycles. The number of anilines is 1. The quantitative estimate of drug-likeness (QED) is 0.927. The van der Waals surface area contributed by atoms with Crippen molar-refractivity contribution >= 4 is 34.9 Å². The SMILES string of the molecule is CCn1cc(CN(C)C(=O)Nc2cccc(Cl)c2Cl)cn1. The lowest BCUT2D eigenvalue weighted by Gasteiger charge is -2.17. The van der Waals surface area contributed by atoms with Crippen molar-refractivity contribution < 1.29 is 4.79 Å². The van der Waals surface area contributed by atoms with Gasteiger partial charge in [0.1, 0.15) is 0 Å². The molecule has 0 aliphatic heterocycles. The number of amides is 2. The number of carbonyl (C=O) groups is 1. The molecule has 0 aliphatic carbocycles. The lowest BCUT2D eigenvalue weighted by molar-refractivity contribution is 0.220. The van der Waals surface area contributed by atoms with Crippen LogP contribution in [0.2, 0.25) is 10.0 Å². The smallest absolute Gasteiger partial charge is 0.321 e. The van der Waals surface area contributed by atoms with E-state index in [1.165, 1.54) is 0 Å². The van der Waals surface area contributed by atoms with Crippen LogP contribution in [0.25, 0.3) is 0 Å². The fraction of sp³-hybridized carbons (Fsp3) is 0.286. The van der Waals surface area contributed by atoms with Gasteiger partial charge in [0.25, 0.3) is 0 Å². The van der Waals surface area contributed by atoms with Crippen LogP contribution in [-0.4, -0.2) is 27.8 Å². The van der Waals surface area contributed by atoms with E-state index >= 15 is 0 Å². The number of aromatic nitrogens is 2. The average Bonchev–Trinajstić information content (AvgIpc) is 2.91. The predicted molar refractivity (Wildman–Crippen MR) is 84.8 cm³/mol. The van der Waals surface area contributed by atoms with E-state index in [4.69, 9.17) is 23.2 Å². The van der Waals surface area contributed by atoms with Crippen LogP contribution in [0, 0.1) is 0 Å². The van der Waals surface area contributed by atoms with E-state index in [9.17, 15) is 4.79 Å². The van der Waals surface area contributed by atoms with Crippen molar-refractivity contribution in [3.8, 4) is 0 Å². The number of halogens is 2. The summed E-state index contributed by atoms with van der Waals surface area (Å²) in [6.07, 6.45) is 3.66. The number of rotatable bonds is 4. The van der Waals surface area contributed by atoms with Crippen molar-refractivity contribution in [1.82, 2.24) is 14.7 Å². The summed E-state index contributed by atoms with van der Waals surface area (Å²) in [4.78, 5) is 13.7. The number of hydrogen-bond acceptors (Lipinski definition) is 2. The number of aryl methyl sites for hydroxylation is 1. The minimum absolute atomic E-state index is 0.261. The fourth-order valence-electron chi connectivity index (χ4n) is 1.82. The molecule has 0 bridgehead atoms. The van der Waals surface area contributed by atoms with Crippen LogP contribution < -0.4 is 5.32 Å². The third kappa shape index (κ3) is 3.89. The lowest BCUT2D eigenvalue weighted by Crippen LogP contribution is -2.30. The van der Waals surface area contributed by atoms with Gasteiger partial charge in [-0.15, -0.1) is 0 Å². The molecule has 1 heterocycles. The lowest BCUT2D eigenvalue weighted by atomic mass is 10.3. The molecule has 21 heavy (non-hydrogen) atoms. The normalized spacial score (nSPS) is 10.5. The Labute approximate surface area is 133 Å². The summed E-state index contributed by atoms with van der Waals surface area (Å²) < 4.78 is 1.81. The number of nitrogens with one attached hydrogen (secondary N) is 1. The second-order valence-corrected chi connectivity index (χ2v) is 5.38.